The zero-order valence-electron chi connectivity index (χ0n) is 16.2. The van der Waals surface area contributed by atoms with Gasteiger partial charge in [0.1, 0.15) is 0 Å². The van der Waals surface area contributed by atoms with Crippen LogP contribution in [0.3, 0.4) is 0 Å². The number of anilines is 1. The number of nitrogens with one attached hydrogen (secondary N) is 2. The monoisotopic (exact) mass is 405 g/mol. The Bertz CT molecular complexity index is 762. The Labute approximate surface area is 169 Å². The number of benzene rings is 2. The number of aryl methyl sites for hydroxylation is 1. The van der Waals surface area contributed by atoms with Crippen molar-refractivity contribution >= 4 is 11.6 Å². The number of rotatable bonds is 7. The van der Waals surface area contributed by atoms with Crippen LogP contribution in [-0.2, 0) is 11.2 Å². The third kappa shape index (κ3) is 5.97. The Hall–Kier alpha value is -2.54. The van der Waals surface area contributed by atoms with Crippen molar-refractivity contribution in [2.75, 3.05) is 18.5 Å². The van der Waals surface area contributed by atoms with Crippen LogP contribution in [0.4, 0.5) is 18.9 Å². The molecular formula is C22H26F3N3O. The SMILES string of the molecule is O=C(N(Nc1ccccc1)C(CCc1ccccc1)C1CCCNC1)C(F)(F)F. The maximum absolute atomic E-state index is 13.4. The molecule has 2 N–H and O–H groups in total. The van der Waals surface area contributed by atoms with E-state index in [-0.39, 0.29) is 5.92 Å². The highest BCUT2D eigenvalue weighted by Crippen LogP contribution is 2.28. The van der Waals surface area contributed by atoms with Crippen molar-refractivity contribution < 1.29 is 18.0 Å². The average Bonchev–Trinajstić information content (AvgIpc) is 2.74. The van der Waals surface area contributed by atoms with Gasteiger partial charge in [-0.2, -0.15) is 13.2 Å². The van der Waals surface area contributed by atoms with Crippen molar-refractivity contribution in [1.82, 2.24) is 10.3 Å². The van der Waals surface area contributed by atoms with Gasteiger partial charge in [0.25, 0.3) is 0 Å². The molecule has 2 aromatic rings. The average molecular weight is 405 g/mol. The summed E-state index contributed by atoms with van der Waals surface area (Å²) in [5, 5.41) is 4.08. The predicted molar refractivity (Wildman–Crippen MR) is 107 cm³/mol. The van der Waals surface area contributed by atoms with Crippen molar-refractivity contribution in [3.63, 3.8) is 0 Å². The summed E-state index contributed by atoms with van der Waals surface area (Å²) >= 11 is 0. The minimum absolute atomic E-state index is 0.0602. The quantitative estimate of drug-likeness (QED) is 0.671. The predicted octanol–water partition coefficient (Wildman–Crippen LogP) is 4.41. The van der Waals surface area contributed by atoms with Crippen LogP contribution in [0, 0.1) is 5.92 Å². The zero-order chi connectivity index (χ0) is 20.7. The molecule has 7 heteroatoms. The molecule has 1 amide bonds. The van der Waals surface area contributed by atoms with Crippen LogP contribution in [0.5, 0.6) is 0 Å². The first-order chi connectivity index (χ1) is 13.9. The lowest BCUT2D eigenvalue weighted by atomic mass is 9.87. The number of nitrogens with zero attached hydrogens (tertiary/aromatic N) is 1. The standard InChI is InChI=1S/C22H26F3N3O/c23-22(24,25)21(29)28(27-19-11-5-2-6-12-19)20(18-10-7-15-26-16-18)14-13-17-8-3-1-4-9-17/h1-6,8-9,11-12,18,20,26-27H,7,10,13-16H2. The van der Waals surface area contributed by atoms with Gasteiger partial charge in [-0.05, 0) is 62.4 Å². The maximum atomic E-state index is 13.4. The maximum Gasteiger partial charge on any atom is 0.473 e. The Kier molecular flexibility index (Phi) is 7.14. The van der Waals surface area contributed by atoms with Crippen molar-refractivity contribution in [1.29, 1.82) is 0 Å². The van der Waals surface area contributed by atoms with Crippen molar-refractivity contribution in [2.45, 2.75) is 37.9 Å². The summed E-state index contributed by atoms with van der Waals surface area (Å²) in [6.45, 7) is 1.44. The van der Waals surface area contributed by atoms with E-state index >= 15 is 0 Å². The second-order valence-electron chi connectivity index (χ2n) is 7.35. The molecule has 0 saturated carbocycles. The highest BCUT2D eigenvalue weighted by Gasteiger charge is 2.46. The number of carbonyl (C=O) groups excluding carboxylic acids is 1. The fourth-order valence-corrected chi connectivity index (χ4v) is 3.81. The lowest BCUT2D eigenvalue weighted by Gasteiger charge is -2.39. The summed E-state index contributed by atoms with van der Waals surface area (Å²) < 4.78 is 40.3. The van der Waals surface area contributed by atoms with Crippen molar-refractivity contribution in [3.05, 3.63) is 66.2 Å². The van der Waals surface area contributed by atoms with Crippen LogP contribution < -0.4 is 10.7 Å². The van der Waals surface area contributed by atoms with Crippen molar-refractivity contribution in [2.24, 2.45) is 5.92 Å². The van der Waals surface area contributed by atoms with Gasteiger partial charge >= 0.3 is 12.1 Å². The molecule has 1 heterocycles. The first kappa shape index (κ1) is 21.2. The summed E-state index contributed by atoms with van der Waals surface area (Å²) in [7, 11) is 0. The van der Waals surface area contributed by atoms with Gasteiger partial charge in [0, 0.05) is 0 Å². The molecule has 0 aromatic heterocycles. The van der Waals surface area contributed by atoms with E-state index < -0.39 is 18.1 Å². The summed E-state index contributed by atoms with van der Waals surface area (Å²) in [5.74, 6) is -1.92. The normalized spacial score (nSPS) is 18.1. The first-order valence-electron chi connectivity index (χ1n) is 9.92. The van der Waals surface area contributed by atoms with Crippen LogP contribution in [0.25, 0.3) is 0 Å². The Balaban J connectivity index is 1.88. The van der Waals surface area contributed by atoms with E-state index in [1.54, 1.807) is 30.3 Å². The molecule has 156 valence electrons. The van der Waals surface area contributed by atoms with E-state index in [1.807, 2.05) is 30.3 Å². The Morgan fingerprint density at radius 1 is 1.10 bits per heavy atom. The first-order valence-corrected chi connectivity index (χ1v) is 9.92. The van der Waals surface area contributed by atoms with Crippen LogP contribution >= 0.6 is 0 Å². The van der Waals surface area contributed by atoms with Gasteiger partial charge in [-0.15, -0.1) is 0 Å². The van der Waals surface area contributed by atoms with Gasteiger partial charge in [0.05, 0.1) is 11.7 Å². The molecule has 0 radical (unpaired) electrons. The number of hydrazine groups is 1. The third-order valence-electron chi connectivity index (χ3n) is 5.27. The topological polar surface area (TPSA) is 44.4 Å². The number of hydrogen-bond donors (Lipinski definition) is 2. The highest BCUT2D eigenvalue weighted by molar-refractivity contribution is 5.83. The third-order valence-corrected chi connectivity index (χ3v) is 5.27. The van der Waals surface area contributed by atoms with Crippen LogP contribution in [-0.4, -0.2) is 36.2 Å². The molecule has 1 aliphatic rings. The number of carbonyl (C=O) groups is 1. The largest absolute Gasteiger partial charge is 0.473 e. The van der Waals surface area contributed by atoms with E-state index in [2.05, 4.69) is 10.7 Å². The van der Waals surface area contributed by atoms with Gasteiger partial charge in [-0.3, -0.25) is 10.2 Å². The molecule has 2 unspecified atom stereocenters. The molecule has 1 aliphatic heterocycles. The molecule has 2 aromatic carbocycles. The molecule has 3 rings (SSSR count). The van der Waals surface area contributed by atoms with Crippen LogP contribution in [0.2, 0.25) is 0 Å². The molecule has 1 saturated heterocycles. The molecule has 2 atom stereocenters. The van der Waals surface area contributed by atoms with Crippen LogP contribution in [0.1, 0.15) is 24.8 Å². The summed E-state index contributed by atoms with van der Waals surface area (Å²) in [6, 6.07) is 17.6. The van der Waals surface area contributed by atoms with E-state index in [9.17, 15) is 18.0 Å². The second-order valence-corrected chi connectivity index (χ2v) is 7.35. The van der Waals surface area contributed by atoms with Gasteiger partial charge in [-0.25, -0.2) is 5.01 Å². The number of para-hydroxylation sites is 1. The molecule has 29 heavy (non-hydrogen) atoms. The summed E-state index contributed by atoms with van der Waals surface area (Å²) in [4.78, 5) is 12.4. The molecular weight excluding hydrogens is 379 g/mol. The number of hydrogen-bond acceptors (Lipinski definition) is 3. The molecule has 1 fully saturated rings. The van der Waals surface area contributed by atoms with Gasteiger partial charge in [0.2, 0.25) is 0 Å². The highest BCUT2D eigenvalue weighted by atomic mass is 19.4. The number of piperidine rings is 1. The minimum atomic E-state index is -4.95. The smallest absolute Gasteiger partial charge is 0.316 e. The number of amides is 1. The molecule has 0 aliphatic carbocycles. The Morgan fingerprint density at radius 2 is 1.76 bits per heavy atom. The van der Waals surface area contributed by atoms with Gasteiger partial charge < -0.3 is 5.32 Å². The lowest BCUT2D eigenvalue weighted by Crippen LogP contribution is -2.55. The van der Waals surface area contributed by atoms with E-state index in [4.69, 9.17) is 0 Å². The minimum Gasteiger partial charge on any atom is -0.316 e. The fourth-order valence-electron chi connectivity index (χ4n) is 3.81. The lowest BCUT2D eigenvalue weighted by molar-refractivity contribution is -0.187. The van der Waals surface area contributed by atoms with E-state index in [0.29, 0.717) is 25.1 Å². The fraction of sp³-hybridized carbons (Fsp3) is 0.409. The Morgan fingerprint density at radius 3 is 2.34 bits per heavy atom. The number of alkyl halides is 3. The van der Waals surface area contributed by atoms with Gasteiger partial charge in [0.15, 0.2) is 0 Å². The molecule has 4 nitrogen and oxygen atoms in total. The molecule has 0 spiro atoms. The second kappa shape index (κ2) is 9.78. The summed E-state index contributed by atoms with van der Waals surface area (Å²) in [5.41, 5.74) is 4.25. The van der Waals surface area contributed by atoms with Gasteiger partial charge in [-0.1, -0.05) is 48.5 Å². The van der Waals surface area contributed by atoms with Crippen LogP contribution in [0.15, 0.2) is 60.7 Å². The van der Waals surface area contributed by atoms with Crippen molar-refractivity contribution in [3.8, 4) is 0 Å². The molecule has 0 bridgehead atoms. The van der Waals surface area contributed by atoms with E-state index in [0.717, 1.165) is 30.0 Å². The number of halogens is 3. The van der Waals surface area contributed by atoms with E-state index in [1.165, 1.54) is 0 Å². The summed E-state index contributed by atoms with van der Waals surface area (Å²) in [6.07, 6.45) is -2.25. The zero-order valence-corrected chi connectivity index (χ0v) is 16.2.